The van der Waals surface area contributed by atoms with E-state index < -0.39 is 17.6 Å². The second kappa shape index (κ2) is 4.07. The third kappa shape index (κ3) is 2.29. The molecule has 3 nitrogen and oxygen atoms in total. The Bertz CT molecular complexity index is 574. The van der Waals surface area contributed by atoms with Gasteiger partial charge in [0.2, 0.25) is 5.78 Å². The summed E-state index contributed by atoms with van der Waals surface area (Å²) in [6, 6.07) is 7.11. The van der Waals surface area contributed by atoms with Gasteiger partial charge >= 0.3 is 5.38 Å². The number of ketones is 1. The summed E-state index contributed by atoms with van der Waals surface area (Å²) >= 11 is 4.67. The Balaban J connectivity index is 2.41. The molecule has 0 saturated carbocycles. The largest absolute Gasteiger partial charge is 0.380 e. The molecule has 17 heavy (non-hydrogen) atoms. The van der Waals surface area contributed by atoms with Gasteiger partial charge in [-0.05, 0) is 17.7 Å². The minimum Gasteiger partial charge on any atom is -0.291 e. The van der Waals surface area contributed by atoms with E-state index in [-0.39, 0.29) is 0 Å². The van der Waals surface area contributed by atoms with E-state index in [0.717, 1.165) is 5.52 Å². The molecule has 0 amide bonds. The highest BCUT2D eigenvalue weighted by Crippen LogP contribution is 2.24. The van der Waals surface area contributed by atoms with Crippen LogP contribution >= 0.6 is 11.6 Å². The highest BCUT2D eigenvalue weighted by molar-refractivity contribution is 6.32. The molecule has 6 heteroatoms. The van der Waals surface area contributed by atoms with Crippen LogP contribution in [-0.4, -0.2) is 20.9 Å². The van der Waals surface area contributed by atoms with Crippen molar-refractivity contribution in [2.75, 3.05) is 0 Å². The molecule has 0 aliphatic rings. The summed E-state index contributed by atoms with van der Waals surface area (Å²) in [4.78, 5) is 11.2. The van der Waals surface area contributed by atoms with Crippen molar-refractivity contribution in [3.63, 3.8) is 0 Å². The number of carbonyl (C=O) groups is 1. The second-order valence-electron chi connectivity index (χ2n) is 3.69. The molecule has 0 N–H and O–H groups in total. The lowest BCUT2D eigenvalue weighted by molar-refractivity contribution is -0.132. The van der Waals surface area contributed by atoms with Crippen LogP contribution in [0.3, 0.4) is 0 Å². The van der Waals surface area contributed by atoms with Crippen molar-refractivity contribution < 1.29 is 13.6 Å². The Labute approximate surface area is 101 Å². The molecule has 0 unspecified atom stereocenters. The van der Waals surface area contributed by atoms with Gasteiger partial charge in [0.05, 0.1) is 17.6 Å². The molecule has 0 bridgehead atoms. The zero-order chi connectivity index (χ0) is 12.6. The molecule has 0 radical (unpaired) electrons. The zero-order valence-corrected chi connectivity index (χ0v) is 9.71. The first-order chi connectivity index (χ1) is 7.89. The molecule has 0 fully saturated rings. The first-order valence-electron chi connectivity index (χ1n) is 4.90. The maximum atomic E-state index is 12.6. The summed E-state index contributed by atoms with van der Waals surface area (Å²) in [6.45, 7) is 0. The van der Waals surface area contributed by atoms with Crippen molar-refractivity contribution in [2.24, 2.45) is 7.05 Å². The Morgan fingerprint density at radius 3 is 2.76 bits per heavy atom. The Hall–Kier alpha value is -1.49. The molecular formula is C11H9ClF2N2O. The van der Waals surface area contributed by atoms with Crippen LogP contribution in [0.25, 0.3) is 10.9 Å². The maximum Gasteiger partial charge on any atom is 0.380 e. The topological polar surface area (TPSA) is 34.9 Å². The number of alkyl halides is 3. The molecule has 2 rings (SSSR count). The Morgan fingerprint density at radius 2 is 2.12 bits per heavy atom. The number of hydrogen-bond acceptors (Lipinski definition) is 2. The van der Waals surface area contributed by atoms with Gasteiger partial charge in [-0.25, -0.2) is 0 Å². The van der Waals surface area contributed by atoms with Crippen molar-refractivity contribution in [1.29, 1.82) is 0 Å². The van der Waals surface area contributed by atoms with E-state index in [1.807, 2.05) is 6.07 Å². The number of nitrogens with zero attached hydrogens (tertiary/aromatic N) is 2. The van der Waals surface area contributed by atoms with Crippen LogP contribution in [0, 0.1) is 0 Å². The normalized spacial score (nSPS) is 12.0. The van der Waals surface area contributed by atoms with E-state index in [0.29, 0.717) is 11.1 Å². The van der Waals surface area contributed by atoms with Gasteiger partial charge in [0.15, 0.2) is 0 Å². The molecule has 0 spiro atoms. The summed E-state index contributed by atoms with van der Waals surface area (Å²) in [5.74, 6) is -1.34. The molecule has 1 heterocycles. The minimum atomic E-state index is -3.83. The fourth-order valence-corrected chi connectivity index (χ4v) is 1.74. The summed E-state index contributed by atoms with van der Waals surface area (Å²) in [7, 11) is 1.69. The van der Waals surface area contributed by atoms with E-state index in [1.165, 1.54) is 0 Å². The van der Waals surface area contributed by atoms with Gasteiger partial charge in [-0.3, -0.25) is 9.48 Å². The third-order valence-electron chi connectivity index (χ3n) is 2.48. The van der Waals surface area contributed by atoms with E-state index in [2.05, 4.69) is 16.7 Å². The number of benzene rings is 1. The molecule has 1 aromatic carbocycles. The van der Waals surface area contributed by atoms with Crippen LogP contribution in [0.5, 0.6) is 0 Å². The molecule has 0 saturated heterocycles. The van der Waals surface area contributed by atoms with Gasteiger partial charge in [-0.2, -0.15) is 13.9 Å². The van der Waals surface area contributed by atoms with E-state index in [4.69, 9.17) is 0 Å². The molecule has 0 aliphatic heterocycles. The van der Waals surface area contributed by atoms with Crippen LogP contribution in [0.1, 0.15) is 5.69 Å². The fraction of sp³-hybridized carbons (Fsp3) is 0.273. The molecule has 0 atom stereocenters. The number of aryl methyl sites for hydroxylation is 1. The zero-order valence-electron chi connectivity index (χ0n) is 8.95. The summed E-state index contributed by atoms with van der Waals surface area (Å²) < 4.78 is 26.7. The van der Waals surface area contributed by atoms with E-state index >= 15 is 0 Å². The summed E-state index contributed by atoms with van der Waals surface area (Å²) in [5.41, 5.74) is 1.10. The molecule has 0 aliphatic carbocycles. The van der Waals surface area contributed by atoms with Gasteiger partial charge in [0.1, 0.15) is 0 Å². The van der Waals surface area contributed by atoms with Crippen LogP contribution < -0.4 is 0 Å². The summed E-state index contributed by atoms with van der Waals surface area (Å²) in [5, 5.41) is 0.897. The average Bonchev–Trinajstić information content (AvgIpc) is 2.56. The molecule has 1 aromatic heterocycles. The SMILES string of the molecule is Cn1nc(CC(=O)C(F)(F)Cl)c2ccccc21. The Morgan fingerprint density at radius 1 is 1.47 bits per heavy atom. The van der Waals surface area contributed by atoms with Crippen LogP contribution in [0.15, 0.2) is 24.3 Å². The van der Waals surface area contributed by atoms with Crippen molar-refractivity contribution in [3.05, 3.63) is 30.0 Å². The number of Topliss-reactive ketones (excluding diaryl/α,β-unsaturated/α-hetero) is 1. The lowest BCUT2D eigenvalue weighted by Gasteiger charge is -2.04. The van der Waals surface area contributed by atoms with Crippen molar-refractivity contribution in [1.82, 2.24) is 9.78 Å². The maximum absolute atomic E-state index is 12.6. The van der Waals surface area contributed by atoms with Crippen molar-refractivity contribution in [3.8, 4) is 0 Å². The Kier molecular flexibility index (Phi) is 2.87. The lowest BCUT2D eigenvalue weighted by Crippen LogP contribution is -2.23. The standard InChI is InChI=1S/C11H9ClF2N2O/c1-16-9-5-3-2-4-7(9)8(15-16)6-10(17)11(12,13)14/h2-5H,6H2,1H3. The first kappa shape index (κ1) is 12.0. The first-order valence-corrected chi connectivity index (χ1v) is 5.28. The number of fused-ring (bicyclic) bond motifs is 1. The monoisotopic (exact) mass is 258 g/mol. The lowest BCUT2D eigenvalue weighted by atomic mass is 10.1. The quantitative estimate of drug-likeness (QED) is 0.793. The smallest absolute Gasteiger partial charge is 0.291 e. The molecule has 90 valence electrons. The van der Waals surface area contributed by atoms with Crippen LogP contribution in [-0.2, 0) is 18.3 Å². The average molecular weight is 259 g/mol. The third-order valence-corrected chi connectivity index (χ3v) is 2.69. The number of carbonyl (C=O) groups excluding carboxylic acids is 1. The second-order valence-corrected chi connectivity index (χ2v) is 4.16. The van der Waals surface area contributed by atoms with Gasteiger partial charge in [-0.15, -0.1) is 0 Å². The van der Waals surface area contributed by atoms with Crippen molar-refractivity contribution in [2.45, 2.75) is 11.8 Å². The number of halogens is 3. The number of rotatable bonds is 3. The highest BCUT2D eigenvalue weighted by Gasteiger charge is 2.35. The van der Waals surface area contributed by atoms with Crippen molar-refractivity contribution >= 4 is 28.3 Å². The number of hydrogen-bond donors (Lipinski definition) is 0. The number of aromatic nitrogens is 2. The molecular weight excluding hydrogens is 250 g/mol. The van der Waals surface area contributed by atoms with Gasteiger partial charge < -0.3 is 0 Å². The van der Waals surface area contributed by atoms with Gasteiger partial charge in [-0.1, -0.05) is 18.2 Å². The van der Waals surface area contributed by atoms with E-state index in [1.54, 1.807) is 29.9 Å². The predicted octanol–water partition coefficient (Wildman–Crippen LogP) is 2.52. The van der Waals surface area contributed by atoms with Crippen LogP contribution in [0.2, 0.25) is 0 Å². The van der Waals surface area contributed by atoms with Gasteiger partial charge in [0.25, 0.3) is 0 Å². The minimum absolute atomic E-state index is 0.313. The summed E-state index contributed by atoms with van der Waals surface area (Å²) in [6.07, 6.45) is -0.474. The number of para-hydroxylation sites is 1. The molecule has 2 aromatic rings. The predicted molar refractivity (Wildman–Crippen MR) is 60.2 cm³/mol. The van der Waals surface area contributed by atoms with Crippen LogP contribution in [0.4, 0.5) is 8.78 Å². The van der Waals surface area contributed by atoms with E-state index in [9.17, 15) is 13.6 Å². The van der Waals surface area contributed by atoms with Gasteiger partial charge in [0, 0.05) is 12.4 Å². The highest BCUT2D eigenvalue weighted by atomic mass is 35.5. The fourth-order valence-electron chi connectivity index (χ4n) is 1.67.